The maximum Gasteiger partial charge on any atom is 0.257 e. The molecule has 6 heteroatoms. The number of hydrogen-bond acceptors (Lipinski definition) is 3. The van der Waals surface area contributed by atoms with Gasteiger partial charge >= 0.3 is 0 Å². The number of amides is 1. The van der Waals surface area contributed by atoms with Crippen LogP contribution in [-0.4, -0.2) is 32.8 Å². The predicted octanol–water partition coefficient (Wildman–Crippen LogP) is 2.52. The van der Waals surface area contributed by atoms with Crippen molar-refractivity contribution in [3.05, 3.63) is 28.2 Å². The molecule has 1 aromatic carbocycles. The molecule has 0 spiro atoms. The lowest BCUT2D eigenvalue weighted by Gasteiger charge is -2.08. The Morgan fingerprint density at radius 3 is 2.56 bits per heavy atom. The minimum Gasteiger partial charge on any atom is -0.484 e. The summed E-state index contributed by atoms with van der Waals surface area (Å²) >= 11 is 11.6. The molecule has 0 heterocycles. The van der Waals surface area contributed by atoms with E-state index in [1.807, 2.05) is 0 Å². The van der Waals surface area contributed by atoms with Crippen molar-refractivity contribution in [1.82, 2.24) is 5.32 Å². The van der Waals surface area contributed by atoms with Crippen molar-refractivity contribution >= 4 is 29.1 Å². The number of methoxy groups -OCH3 is 1. The van der Waals surface area contributed by atoms with E-state index in [9.17, 15) is 4.79 Å². The van der Waals surface area contributed by atoms with Gasteiger partial charge < -0.3 is 14.8 Å². The van der Waals surface area contributed by atoms with Crippen molar-refractivity contribution < 1.29 is 14.3 Å². The van der Waals surface area contributed by atoms with Crippen molar-refractivity contribution in [2.24, 2.45) is 0 Å². The number of halogens is 2. The molecule has 0 aliphatic rings. The SMILES string of the molecule is COCCCNC(=O)COc1cc(Cl)cc(Cl)c1. The van der Waals surface area contributed by atoms with Gasteiger partial charge in [-0.15, -0.1) is 0 Å². The van der Waals surface area contributed by atoms with Crippen molar-refractivity contribution in [2.75, 3.05) is 26.9 Å². The first-order valence-corrected chi connectivity index (χ1v) is 6.22. The van der Waals surface area contributed by atoms with E-state index in [1.165, 1.54) is 0 Å². The average Bonchev–Trinajstić information content (AvgIpc) is 2.31. The third-order valence-electron chi connectivity index (χ3n) is 2.05. The first-order valence-electron chi connectivity index (χ1n) is 5.46. The predicted molar refractivity (Wildman–Crippen MR) is 71.5 cm³/mol. The average molecular weight is 292 g/mol. The van der Waals surface area contributed by atoms with Crippen molar-refractivity contribution in [1.29, 1.82) is 0 Å². The summed E-state index contributed by atoms with van der Waals surface area (Å²) in [7, 11) is 1.62. The molecule has 0 saturated heterocycles. The molecule has 0 aromatic heterocycles. The first kappa shape index (κ1) is 15.1. The largest absolute Gasteiger partial charge is 0.484 e. The molecule has 0 atom stereocenters. The van der Waals surface area contributed by atoms with Gasteiger partial charge in [-0.05, 0) is 24.6 Å². The van der Waals surface area contributed by atoms with Crippen LogP contribution in [0.1, 0.15) is 6.42 Å². The van der Waals surface area contributed by atoms with Gasteiger partial charge in [-0.1, -0.05) is 23.2 Å². The van der Waals surface area contributed by atoms with Crippen LogP contribution in [0.15, 0.2) is 18.2 Å². The van der Waals surface area contributed by atoms with Gasteiger partial charge in [0.25, 0.3) is 5.91 Å². The zero-order valence-corrected chi connectivity index (χ0v) is 11.6. The Hall–Kier alpha value is -0.970. The van der Waals surface area contributed by atoms with Crippen LogP contribution in [0.25, 0.3) is 0 Å². The second-order valence-corrected chi connectivity index (χ2v) is 4.46. The highest BCUT2D eigenvalue weighted by Crippen LogP contribution is 2.23. The molecule has 0 unspecified atom stereocenters. The maximum atomic E-state index is 11.4. The Bertz CT molecular complexity index is 379. The lowest BCUT2D eigenvalue weighted by atomic mass is 10.3. The summed E-state index contributed by atoms with van der Waals surface area (Å²) in [4.78, 5) is 11.4. The molecule has 0 aliphatic carbocycles. The zero-order chi connectivity index (χ0) is 13.4. The highest BCUT2D eigenvalue weighted by molar-refractivity contribution is 6.34. The minimum atomic E-state index is -0.192. The summed E-state index contributed by atoms with van der Waals surface area (Å²) in [5.74, 6) is 0.279. The Labute approximate surface area is 116 Å². The summed E-state index contributed by atoms with van der Waals surface area (Å²) in [6.45, 7) is 1.11. The van der Waals surface area contributed by atoms with Gasteiger partial charge in [0, 0.05) is 30.3 Å². The van der Waals surface area contributed by atoms with E-state index in [2.05, 4.69) is 5.32 Å². The molecular formula is C12H15Cl2NO3. The van der Waals surface area contributed by atoms with Crippen LogP contribution >= 0.6 is 23.2 Å². The first-order chi connectivity index (χ1) is 8.61. The van der Waals surface area contributed by atoms with E-state index in [0.29, 0.717) is 28.9 Å². The van der Waals surface area contributed by atoms with Gasteiger partial charge in [-0.3, -0.25) is 4.79 Å². The summed E-state index contributed by atoms with van der Waals surface area (Å²) in [6.07, 6.45) is 0.769. The number of nitrogens with one attached hydrogen (secondary N) is 1. The summed E-state index contributed by atoms with van der Waals surface area (Å²) in [5, 5.41) is 3.65. The smallest absolute Gasteiger partial charge is 0.257 e. The maximum absolute atomic E-state index is 11.4. The fraction of sp³-hybridized carbons (Fsp3) is 0.417. The fourth-order valence-electron chi connectivity index (χ4n) is 1.26. The quantitative estimate of drug-likeness (QED) is 0.786. The van der Waals surface area contributed by atoms with Gasteiger partial charge in [0.2, 0.25) is 0 Å². The summed E-state index contributed by atoms with van der Waals surface area (Å²) in [6, 6.07) is 4.80. The molecule has 1 rings (SSSR count). The lowest BCUT2D eigenvalue weighted by molar-refractivity contribution is -0.123. The van der Waals surface area contributed by atoms with E-state index in [0.717, 1.165) is 6.42 Å². The van der Waals surface area contributed by atoms with Crippen LogP contribution in [0.3, 0.4) is 0 Å². The molecule has 1 aromatic rings. The van der Waals surface area contributed by atoms with E-state index >= 15 is 0 Å². The number of carbonyl (C=O) groups excluding carboxylic acids is 1. The molecule has 0 radical (unpaired) electrons. The highest BCUT2D eigenvalue weighted by Gasteiger charge is 2.04. The number of rotatable bonds is 7. The molecule has 1 N–H and O–H groups in total. The Morgan fingerprint density at radius 2 is 1.94 bits per heavy atom. The molecular weight excluding hydrogens is 277 g/mol. The van der Waals surface area contributed by atoms with E-state index < -0.39 is 0 Å². The Balaban J connectivity index is 2.29. The summed E-state index contributed by atoms with van der Waals surface area (Å²) < 4.78 is 10.1. The van der Waals surface area contributed by atoms with Gasteiger partial charge in [-0.25, -0.2) is 0 Å². The topological polar surface area (TPSA) is 47.6 Å². The third kappa shape index (κ3) is 6.10. The van der Waals surface area contributed by atoms with Crippen LogP contribution in [-0.2, 0) is 9.53 Å². The molecule has 1 amide bonds. The second kappa shape index (κ2) is 8.19. The molecule has 0 saturated carbocycles. The van der Waals surface area contributed by atoms with Crippen LogP contribution in [0.2, 0.25) is 10.0 Å². The standard InChI is InChI=1S/C12H15Cl2NO3/c1-17-4-2-3-15-12(16)8-18-11-6-9(13)5-10(14)7-11/h5-7H,2-4,8H2,1H3,(H,15,16). The van der Waals surface area contributed by atoms with Gasteiger partial charge in [0.1, 0.15) is 5.75 Å². The van der Waals surface area contributed by atoms with E-state index in [4.69, 9.17) is 32.7 Å². The molecule has 0 aliphatic heterocycles. The minimum absolute atomic E-state index is 0.0658. The number of hydrogen-bond donors (Lipinski definition) is 1. The van der Waals surface area contributed by atoms with Gasteiger partial charge in [-0.2, -0.15) is 0 Å². The lowest BCUT2D eigenvalue weighted by Crippen LogP contribution is -2.30. The Kier molecular flexibility index (Phi) is 6.86. The molecule has 0 bridgehead atoms. The van der Waals surface area contributed by atoms with Crippen molar-refractivity contribution in [2.45, 2.75) is 6.42 Å². The van der Waals surface area contributed by atoms with E-state index in [1.54, 1.807) is 25.3 Å². The number of ether oxygens (including phenoxy) is 2. The molecule has 4 nitrogen and oxygen atoms in total. The molecule has 100 valence electrons. The highest BCUT2D eigenvalue weighted by atomic mass is 35.5. The monoisotopic (exact) mass is 291 g/mol. The van der Waals surface area contributed by atoms with Gasteiger partial charge in [0.05, 0.1) is 0 Å². The number of benzene rings is 1. The third-order valence-corrected chi connectivity index (χ3v) is 2.49. The molecule has 18 heavy (non-hydrogen) atoms. The Morgan fingerprint density at radius 1 is 1.28 bits per heavy atom. The van der Waals surface area contributed by atoms with E-state index in [-0.39, 0.29) is 12.5 Å². The zero-order valence-electron chi connectivity index (χ0n) is 10.0. The van der Waals surface area contributed by atoms with Crippen LogP contribution in [0, 0.1) is 0 Å². The van der Waals surface area contributed by atoms with Crippen molar-refractivity contribution in [3.8, 4) is 5.75 Å². The van der Waals surface area contributed by atoms with Crippen LogP contribution < -0.4 is 10.1 Å². The second-order valence-electron chi connectivity index (χ2n) is 3.59. The normalized spacial score (nSPS) is 10.2. The van der Waals surface area contributed by atoms with Crippen molar-refractivity contribution in [3.63, 3.8) is 0 Å². The van der Waals surface area contributed by atoms with Crippen LogP contribution in [0.5, 0.6) is 5.75 Å². The fourth-order valence-corrected chi connectivity index (χ4v) is 1.76. The van der Waals surface area contributed by atoms with Gasteiger partial charge in [0.15, 0.2) is 6.61 Å². The molecule has 0 fully saturated rings. The van der Waals surface area contributed by atoms with Crippen LogP contribution in [0.4, 0.5) is 0 Å². The number of carbonyl (C=O) groups is 1. The summed E-state index contributed by atoms with van der Waals surface area (Å²) in [5.41, 5.74) is 0.